The summed E-state index contributed by atoms with van der Waals surface area (Å²) in [5.41, 5.74) is 4.48. The van der Waals surface area contributed by atoms with Crippen molar-refractivity contribution in [2.24, 2.45) is 0 Å². The van der Waals surface area contributed by atoms with E-state index in [9.17, 15) is 0 Å². The van der Waals surface area contributed by atoms with Crippen molar-refractivity contribution in [3.8, 4) is 22.7 Å². The van der Waals surface area contributed by atoms with Crippen LogP contribution in [0.1, 0.15) is 18.6 Å². The van der Waals surface area contributed by atoms with E-state index in [0.717, 1.165) is 33.9 Å². The van der Waals surface area contributed by atoms with Crippen LogP contribution in [0, 0.1) is 6.92 Å². The Morgan fingerprint density at radius 3 is 2.63 bits per heavy atom. The Hall–Kier alpha value is -3.39. The van der Waals surface area contributed by atoms with E-state index in [4.69, 9.17) is 13.9 Å². The van der Waals surface area contributed by atoms with Crippen LogP contribution in [0.25, 0.3) is 33.7 Å². The third kappa shape index (κ3) is 3.29. The quantitative estimate of drug-likeness (QED) is 0.344. The zero-order valence-electron chi connectivity index (χ0n) is 16.6. The average molecular weight is 417 g/mol. The smallest absolute Gasteiger partial charge is 0.253 e. The predicted molar refractivity (Wildman–Crippen MR) is 115 cm³/mol. The first-order valence-electron chi connectivity index (χ1n) is 9.67. The summed E-state index contributed by atoms with van der Waals surface area (Å²) < 4.78 is 13.6. The first kappa shape index (κ1) is 18.6. The molecule has 2 aromatic carbocycles. The molecule has 0 radical (unpaired) electrons. The molecule has 0 N–H and O–H groups in total. The van der Waals surface area contributed by atoms with Crippen molar-refractivity contribution in [3.63, 3.8) is 0 Å². The minimum Gasteiger partial charge on any atom is -0.420 e. The van der Waals surface area contributed by atoms with Gasteiger partial charge in [-0.2, -0.15) is 0 Å². The van der Waals surface area contributed by atoms with Crippen LogP contribution in [0.2, 0.25) is 0 Å². The topological polar surface area (TPSA) is 82.8 Å². The molecule has 0 aliphatic rings. The summed E-state index contributed by atoms with van der Waals surface area (Å²) in [6.07, 6.45) is 0. The summed E-state index contributed by atoms with van der Waals surface area (Å²) in [6, 6.07) is 18.0. The first-order valence-corrected chi connectivity index (χ1v) is 10.7. The maximum atomic E-state index is 5.96. The minimum atomic E-state index is 0.409. The molecular weight excluding hydrogens is 398 g/mol. The highest BCUT2D eigenvalue weighted by Gasteiger charge is 2.22. The molecule has 0 unspecified atom stereocenters. The Morgan fingerprint density at radius 2 is 1.80 bits per heavy atom. The SMILES string of the molecule is CCn1c(SCc2nnc(-c3c(-c4ccccc4)noc3C)o2)nc2ccccc21. The van der Waals surface area contributed by atoms with Gasteiger partial charge >= 0.3 is 0 Å². The number of aromatic nitrogens is 5. The molecule has 0 spiro atoms. The minimum absolute atomic E-state index is 0.409. The standard InChI is InChI=1S/C22H19N5O2S/c1-3-27-17-12-8-7-11-16(17)23-22(27)30-13-18-24-25-21(28-18)19-14(2)29-26-20(19)15-9-5-4-6-10-15/h4-12H,3,13H2,1-2H3. The number of hydrogen-bond acceptors (Lipinski definition) is 7. The highest BCUT2D eigenvalue weighted by Crippen LogP contribution is 2.34. The van der Waals surface area contributed by atoms with Gasteiger partial charge in [0.05, 0.1) is 16.8 Å². The average Bonchev–Trinajstić information content (AvgIpc) is 3.48. The van der Waals surface area contributed by atoms with Gasteiger partial charge in [0.1, 0.15) is 17.0 Å². The maximum Gasteiger partial charge on any atom is 0.253 e. The van der Waals surface area contributed by atoms with Crippen molar-refractivity contribution in [1.29, 1.82) is 0 Å². The largest absolute Gasteiger partial charge is 0.420 e. The normalized spacial score (nSPS) is 11.4. The molecule has 0 aliphatic heterocycles. The lowest BCUT2D eigenvalue weighted by molar-refractivity contribution is 0.399. The van der Waals surface area contributed by atoms with E-state index in [0.29, 0.717) is 29.0 Å². The maximum absolute atomic E-state index is 5.96. The number of imidazole rings is 1. The highest BCUT2D eigenvalue weighted by atomic mass is 32.2. The fourth-order valence-electron chi connectivity index (χ4n) is 3.43. The van der Waals surface area contributed by atoms with Crippen LogP contribution in [-0.2, 0) is 12.3 Å². The van der Waals surface area contributed by atoms with Crippen molar-refractivity contribution in [2.45, 2.75) is 31.3 Å². The van der Waals surface area contributed by atoms with Crippen LogP contribution in [0.3, 0.4) is 0 Å². The molecule has 3 aromatic heterocycles. The summed E-state index contributed by atoms with van der Waals surface area (Å²) >= 11 is 1.58. The van der Waals surface area contributed by atoms with E-state index >= 15 is 0 Å². The number of rotatable bonds is 6. The molecule has 0 atom stereocenters. The molecule has 0 aliphatic carbocycles. The molecule has 0 saturated carbocycles. The van der Waals surface area contributed by atoms with E-state index < -0.39 is 0 Å². The highest BCUT2D eigenvalue weighted by molar-refractivity contribution is 7.98. The second-order valence-corrected chi connectivity index (χ2v) is 7.69. The number of hydrogen-bond donors (Lipinski definition) is 0. The Labute approximate surface area is 177 Å². The monoisotopic (exact) mass is 417 g/mol. The van der Waals surface area contributed by atoms with Crippen molar-refractivity contribution in [1.82, 2.24) is 24.9 Å². The summed E-state index contributed by atoms with van der Waals surface area (Å²) in [5.74, 6) is 2.11. The number of benzene rings is 2. The van der Waals surface area contributed by atoms with Gasteiger partial charge in [-0.25, -0.2) is 4.98 Å². The lowest BCUT2D eigenvalue weighted by atomic mass is 10.1. The van der Waals surface area contributed by atoms with E-state index in [1.807, 2.05) is 55.5 Å². The van der Waals surface area contributed by atoms with Crippen LogP contribution in [0.15, 0.2) is 68.7 Å². The molecule has 7 nitrogen and oxygen atoms in total. The summed E-state index contributed by atoms with van der Waals surface area (Å²) in [5, 5.41) is 13.6. The Balaban J connectivity index is 1.41. The van der Waals surface area contributed by atoms with Gasteiger partial charge in [-0.15, -0.1) is 10.2 Å². The molecular formula is C22H19N5O2S. The Morgan fingerprint density at radius 1 is 1.00 bits per heavy atom. The molecule has 0 amide bonds. The summed E-state index contributed by atoms with van der Waals surface area (Å²) in [6.45, 7) is 4.80. The number of aryl methyl sites for hydroxylation is 2. The van der Waals surface area contributed by atoms with Gasteiger partial charge in [0.15, 0.2) is 5.16 Å². The predicted octanol–water partition coefficient (Wildman–Crippen LogP) is 5.36. The number of nitrogens with zero attached hydrogens (tertiary/aromatic N) is 5. The second kappa shape index (κ2) is 7.79. The van der Waals surface area contributed by atoms with Crippen molar-refractivity contribution >= 4 is 22.8 Å². The van der Waals surface area contributed by atoms with Crippen molar-refractivity contribution in [2.75, 3.05) is 0 Å². The van der Waals surface area contributed by atoms with E-state index in [1.54, 1.807) is 11.8 Å². The van der Waals surface area contributed by atoms with Gasteiger partial charge in [0.2, 0.25) is 5.89 Å². The molecule has 0 saturated heterocycles. The van der Waals surface area contributed by atoms with Gasteiger partial charge in [-0.1, -0.05) is 59.4 Å². The molecule has 5 rings (SSSR count). The fourth-order valence-corrected chi connectivity index (χ4v) is 4.34. The Bertz CT molecular complexity index is 1310. The summed E-state index contributed by atoms with van der Waals surface area (Å²) in [4.78, 5) is 4.73. The van der Waals surface area contributed by atoms with E-state index in [2.05, 4.69) is 32.9 Å². The van der Waals surface area contributed by atoms with Crippen LogP contribution in [-0.4, -0.2) is 24.9 Å². The second-order valence-electron chi connectivity index (χ2n) is 6.75. The first-order chi connectivity index (χ1) is 14.7. The van der Waals surface area contributed by atoms with Crippen LogP contribution in [0.4, 0.5) is 0 Å². The van der Waals surface area contributed by atoms with Gasteiger partial charge < -0.3 is 13.5 Å². The van der Waals surface area contributed by atoms with Crippen molar-refractivity contribution < 1.29 is 8.94 Å². The van der Waals surface area contributed by atoms with Crippen molar-refractivity contribution in [3.05, 3.63) is 66.2 Å². The number of fused-ring (bicyclic) bond motifs is 1. The Kier molecular flexibility index (Phi) is 4.84. The third-order valence-electron chi connectivity index (χ3n) is 4.85. The molecule has 0 fully saturated rings. The van der Waals surface area contributed by atoms with Gasteiger partial charge in [-0.05, 0) is 26.0 Å². The van der Waals surface area contributed by atoms with Crippen LogP contribution >= 0.6 is 11.8 Å². The van der Waals surface area contributed by atoms with E-state index in [-0.39, 0.29) is 0 Å². The molecule has 8 heteroatoms. The third-order valence-corrected chi connectivity index (χ3v) is 5.81. The zero-order chi connectivity index (χ0) is 20.5. The van der Waals surface area contributed by atoms with Gasteiger partial charge in [0, 0.05) is 12.1 Å². The zero-order valence-corrected chi connectivity index (χ0v) is 17.4. The molecule has 150 valence electrons. The number of para-hydroxylation sites is 2. The molecule has 0 bridgehead atoms. The van der Waals surface area contributed by atoms with Gasteiger partial charge in [0.25, 0.3) is 5.89 Å². The molecule has 5 aromatic rings. The fraction of sp³-hybridized carbons (Fsp3) is 0.182. The summed E-state index contributed by atoms with van der Waals surface area (Å²) in [7, 11) is 0. The number of thioether (sulfide) groups is 1. The van der Waals surface area contributed by atoms with Crippen LogP contribution in [0.5, 0.6) is 0 Å². The van der Waals surface area contributed by atoms with E-state index in [1.165, 1.54) is 0 Å². The molecule has 30 heavy (non-hydrogen) atoms. The lowest BCUT2D eigenvalue weighted by Gasteiger charge is -2.03. The molecule has 3 heterocycles. The van der Waals surface area contributed by atoms with Gasteiger partial charge in [-0.3, -0.25) is 0 Å². The van der Waals surface area contributed by atoms with Crippen LogP contribution < -0.4 is 0 Å². The lowest BCUT2D eigenvalue weighted by Crippen LogP contribution is -1.96.